The number of nitrogens with one attached hydrogen (secondary N) is 2. The molecule has 1 aromatic heterocycles. The number of carbonyl (C=O) groups excluding carboxylic acids is 4. The van der Waals surface area contributed by atoms with E-state index in [0.717, 1.165) is 0 Å². The molecule has 0 fully saturated rings. The molecule has 0 atom stereocenters. The van der Waals surface area contributed by atoms with Gasteiger partial charge in [0.1, 0.15) is 5.75 Å². The maximum Gasteiger partial charge on any atom is 0.318 e. The normalized spacial score (nSPS) is 10.4. The molecule has 10 heteroatoms. The number of anilines is 1. The van der Waals surface area contributed by atoms with Gasteiger partial charge in [-0.15, -0.1) is 0 Å². The van der Waals surface area contributed by atoms with Crippen LogP contribution in [0.15, 0.2) is 40.8 Å². The van der Waals surface area contributed by atoms with E-state index in [0.29, 0.717) is 45.6 Å². The van der Waals surface area contributed by atoms with E-state index < -0.39 is 24.5 Å². The second kappa shape index (κ2) is 8.99. The van der Waals surface area contributed by atoms with Crippen molar-refractivity contribution in [3.8, 4) is 11.5 Å². The van der Waals surface area contributed by atoms with Gasteiger partial charge in [-0.3, -0.25) is 19.7 Å². The standard InChI is InChI=1S/C21H19N3O7/c1-11-7-13(30-10-18(26)24-21(22)28)4-5-15(11)23-20(27)17-8-14-12(9-25)3-6-16(29-2)19(14)31-17/h3-9H,10H2,1-2H3,(H,23,27)(H3,22,24,26,28). The molecule has 0 saturated carbocycles. The smallest absolute Gasteiger partial charge is 0.318 e. The number of primary amides is 1. The van der Waals surface area contributed by atoms with Crippen molar-refractivity contribution in [3.63, 3.8) is 0 Å². The summed E-state index contributed by atoms with van der Waals surface area (Å²) in [6, 6.07) is 8.43. The van der Waals surface area contributed by atoms with Crippen molar-refractivity contribution in [1.82, 2.24) is 5.32 Å². The number of hydrogen-bond donors (Lipinski definition) is 3. The van der Waals surface area contributed by atoms with Crippen molar-refractivity contribution in [1.29, 1.82) is 0 Å². The highest BCUT2D eigenvalue weighted by atomic mass is 16.5. The zero-order valence-electron chi connectivity index (χ0n) is 16.7. The largest absolute Gasteiger partial charge is 0.493 e. The van der Waals surface area contributed by atoms with Crippen LogP contribution in [0, 0.1) is 6.92 Å². The lowest BCUT2D eigenvalue weighted by Gasteiger charge is -2.10. The van der Waals surface area contributed by atoms with Gasteiger partial charge in [-0.2, -0.15) is 0 Å². The first-order valence-electron chi connectivity index (χ1n) is 9.02. The first-order chi connectivity index (χ1) is 14.8. The molecule has 0 unspecified atom stereocenters. The van der Waals surface area contributed by atoms with Gasteiger partial charge in [0.2, 0.25) is 0 Å². The van der Waals surface area contributed by atoms with E-state index in [9.17, 15) is 19.2 Å². The number of benzene rings is 2. The van der Waals surface area contributed by atoms with Gasteiger partial charge < -0.3 is 24.9 Å². The Balaban J connectivity index is 1.75. The Morgan fingerprint density at radius 2 is 1.94 bits per heavy atom. The van der Waals surface area contributed by atoms with Gasteiger partial charge in [0.15, 0.2) is 30.0 Å². The van der Waals surface area contributed by atoms with E-state index in [1.165, 1.54) is 13.2 Å². The fraction of sp³-hybridized carbons (Fsp3) is 0.143. The number of carbonyl (C=O) groups is 4. The number of fused-ring (bicyclic) bond motifs is 1. The van der Waals surface area contributed by atoms with Gasteiger partial charge in [-0.25, -0.2) is 4.79 Å². The van der Waals surface area contributed by atoms with Crippen molar-refractivity contribution in [2.75, 3.05) is 19.0 Å². The summed E-state index contributed by atoms with van der Waals surface area (Å²) in [5.41, 5.74) is 6.67. The number of amides is 4. The summed E-state index contributed by atoms with van der Waals surface area (Å²) >= 11 is 0. The highest BCUT2D eigenvalue weighted by molar-refractivity contribution is 6.08. The average Bonchev–Trinajstić information content (AvgIpc) is 3.18. The third kappa shape index (κ3) is 4.81. The third-order valence-electron chi connectivity index (χ3n) is 4.33. The lowest BCUT2D eigenvalue weighted by atomic mass is 10.1. The summed E-state index contributed by atoms with van der Waals surface area (Å²) in [5, 5.41) is 5.08. The van der Waals surface area contributed by atoms with E-state index in [1.807, 2.05) is 5.32 Å². The Morgan fingerprint density at radius 3 is 2.58 bits per heavy atom. The van der Waals surface area contributed by atoms with E-state index in [-0.39, 0.29) is 5.76 Å². The summed E-state index contributed by atoms with van der Waals surface area (Å²) in [6.45, 7) is 1.34. The molecular formula is C21H19N3O7. The molecular weight excluding hydrogens is 406 g/mol. The van der Waals surface area contributed by atoms with Gasteiger partial charge in [0.25, 0.3) is 11.8 Å². The van der Waals surface area contributed by atoms with E-state index in [1.54, 1.807) is 37.3 Å². The van der Waals surface area contributed by atoms with Crippen LogP contribution in [0.1, 0.15) is 26.5 Å². The van der Waals surface area contributed by atoms with E-state index >= 15 is 0 Å². The Kier molecular flexibility index (Phi) is 6.20. The molecule has 0 radical (unpaired) electrons. The molecule has 1 heterocycles. The van der Waals surface area contributed by atoms with Crippen molar-refractivity contribution >= 4 is 40.8 Å². The Morgan fingerprint density at radius 1 is 1.16 bits per heavy atom. The second-order valence-electron chi connectivity index (χ2n) is 6.46. The van der Waals surface area contributed by atoms with Crippen LogP contribution in [0.4, 0.5) is 10.5 Å². The van der Waals surface area contributed by atoms with Crippen LogP contribution in [0.5, 0.6) is 11.5 Å². The molecule has 160 valence electrons. The SMILES string of the molecule is COc1ccc(C=O)c2cc(C(=O)Nc3ccc(OCC(=O)NC(N)=O)cc3C)oc12. The minimum atomic E-state index is -0.966. The number of ether oxygens (including phenoxy) is 2. The number of hydrogen-bond acceptors (Lipinski definition) is 7. The predicted molar refractivity (Wildman–Crippen MR) is 111 cm³/mol. The molecule has 0 saturated heterocycles. The topological polar surface area (TPSA) is 150 Å². The van der Waals surface area contributed by atoms with Crippen molar-refractivity contribution in [2.45, 2.75) is 6.92 Å². The highest BCUT2D eigenvalue weighted by Crippen LogP contribution is 2.31. The molecule has 0 aliphatic carbocycles. The first kappa shape index (κ1) is 21.4. The van der Waals surface area contributed by atoms with Gasteiger partial charge in [-0.1, -0.05) is 0 Å². The number of nitrogens with two attached hydrogens (primary N) is 1. The highest BCUT2D eigenvalue weighted by Gasteiger charge is 2.18. The van der Waals surface area contributed by atoms with Gasteiger partial charge in [-0.05, 0) is 48.9 Å². The average molecular weight is 425 g/mol. The van der Waals surface area contributed by atoms with Gasteiger partial charge in [0, 0.05) is 16.6 Å². The molecule has 0 aliphatic rings. The molecule has 0 aliphatic heterocycles. The summed E-state index contributed by atoms with van der Waals surface area (Å²) in [5.74, 6) is -0.437. The maximum absolute atomic E-state index is 12.7. The second-order valence-corrected chi connectivity index (χ2v) is 6.46. The number of rotatable bonds is 7. The number of aldehydes is 1. The molecule has 3 rings (SSSR count). The predicted octanol–water partition coefficient (Wildman–Crippen LogP) is 2.39. The van der Waals surface area contributed by atoms with E-state index in [2.05, 4.69) is 5.32 Å². The van der Waals surface area contributed by atoms with Gasteiger partial charge >= 0.3 is 6.03 Å². The fourth-order valence-electron chi connectivity index (χ4n) is 2.87. The first-order valence-corrected chi connectivity index (χ1v) is 9.02. The molecule has 0 bridgehead atoms. The summed E-state index contributed by atoms with van der Waals surface area (Å²) in [4.78, 5) is 46.0. The Bertz CT molecular complexity index is 1180. The van der Waals surface area contributed by atoms with Gasteiger partial charge in [0.05, 0.1) is 7.11 Å². The number of furan rings is 1. The van der Waals surface area contributed by atoms with E-state index in [4.69, 9.17) is 19.6 Å². The van der Waals surface area contributed by atoms with Crippen molar-refractivity contribution < 1.29 is 33.1 Å². The van der Waals surface area contributed by atoms with Crippen LogP contribution in [0.3, 0.4) is 0 Å². The monoisotopic (exact) mass is 425 g/mol. The number of imide groups is 1. The Hall–Kier alpha value is -4.34. The molecule has 3 aromatic rings. The number of aryl methyl sites for hydroxylation is 1. The summed E-state index contributed by atoms with van der Waals surface area (Å²) in [7, 11) is 1.46. The molecule has 0 spiro atoms. The quantitative estimate of drug-likeness (QED) is 0.492. The third-order valence-corrected chi connectivity index (χ3v) is 4.33. The lowest BCUT2D eigenvalue weighted by Crippen LogP contribution is -2.38. The van der Waals surface area contributed by atoms with Crippen LogP contribution in [-0.2, 0) is 4.79 Å². The maximum atomic E-state index is 12.7. The van der Waals surface area contributed by atoms with Crippen molar-refractivity contribution in [3.05, 3.63) is 53.3 Å². The minimum Gasteiger partial charge on any atom is -0.493 e. The lowest BCUT2D eigenvalue weighted by molar-refractivity contribution is -0.121. The van der Waals surface area contributed by atoms with Crippen LogP contribution in [-0.4, -0.2) is 37.8 Å². The molecule has 4 N–H and O–H groups in total. The minimum absolute atomic E-state index is 0.00505. The van der Waals surface area contributed by atoms with Crippen LogP contribution >= 0.6 is 0 Å². The number of methoxy groups -OCH3 is 1. The molecule has 31 heavy (non-hydrogen) atoms. The fourth-order valence-corrected chi connectivity index (χ4v) is 2.87. The van der Waals surface area contributed by atoms with Crippen molar-refractivity contribution in [2.24, 2.45) is 5.73 Å². The molecule has 10 nitrogen and oxygen atoms in total. The van der Waals surface area contributed by atoms with Crippen LogP contribution in [0.25, 0.3) is 11.0 Å². The zero-order chi connectivity index (χ0) is 22.5. The van der Waals surface area contributed by atoms with Crippen LogP contribution < -0.4 is 25.8 Å². The molecule has 2 aromatic carbocycles. The Labute approximate surface area is 176 Å². The summed E-state index contributed by atoms with van der Waals surface area (Å²) in [6.07, 6.45) is 0.672. The zero-order valence-corrected chi connectivity index (χ0v) is 16.7. The number of urea groups is 1. The summed E-state index contributed by atoms with van der Waals surface area (Å²) < 4.78 is 16.1. The van der Waals surface area contributed by atoms with Crippen LogP contribution in [0.2, 0.25) is 0 Å². The molecule has 4 amide bonds.